The van der Waals surface area contributed by atoms with Crippen molar-refractivity contribution in [3.63, 3.8) is 0 Å². The SMILES string of the molecule is CNC(=O)C=C1c2ccccc2N(C(=O)c2ccc(NC(=O)c3ccccc3-n3cncn3)cc2)CCC1(F)F. The lowest BCUT2D eigenvalue weighted by Gasteiger charge is -2.23. The van der Waals surface area contributed by atoms with Crippen molar-refractivity contribution in [3.05, 3.63) is 108 Å². The molecule has 202 valence electrons. The summed E-state index contributed by atoms with van der Waals surface area (Å²) in [5.41, 5.74) is 1.55. The van der Waals surface area contributed by atoms with Crippen LogP contribution in [-0.2, 0) is 4.79 Å². The van der Waals surface area contributed by atoms with Crippen LogP contribution >= 0.6 is 0 Å². The number of fused-ring (bicyclic) bond motifs is 1. The number of alkyl halides is 2. The lowest BCUT2D eigenvalue weighted by atomic mass is 9.97. The number of para-hydroxylation sites is 2. The molecule has 3 amide bonds. The van der Waals surface area contributed by atoms with Crippen molar-refractivity contribution in [1.29, 1.82) is 0 Å². The second kappa shape index (κ2) is 10.9. The average Bonchev–Trinajstić information content (AvgIpc) is 3.48. The number of benzene rings is 3. The number of amides is 3. The zero-order valence-electron chi connectivity index (χ0n) is 21.3. The van der Waals surface area contributed by atoms with Crippen LogP contribution in [0.25, 0.3) is 11.3 Å². The van der Waals surface area contributed by atoms with Gasteiger partial charge in [0.05, 0.1) is 16.9 Å². The van der Waals surface area contributed by atoms with Crippen LogP contribution in [0.1, 0.15) is 32.7 Å². The molecule has 0 fully saturated rings. The lowest BCUT2D eigenvalue weighted by Crippen LogP contribution is -2.33. The normalized spacial score (nSPS) is 15.2. The summed E-state index contributed by atoms with van der Waals surface area (Å²) in [5, 5.41) is 9.22. The summed E-state index contributed by atoms with van der Waals surface area (Å²) in [7, 11) is 1.36. The maximum absolute atomic E-state index is 15.1. The molecule has 1 aromatic heterocycles. The van der Waals surface area contributed by atoms with Crippen molar-refractivity contribution in [2.75, 3.05) is 23.8 Å². The van der Waals surface area contributed by atoms with Gasteiger partial charge in [0, 0.05) is 48.5 Å². The molecular weight excluding hydrogens is 518 g/mol. The molecule has 0 radical (unpaired) electrons. The van der Waals surface area contributed by atoms with Gasteiger partial charge < -0.3 is 15.5 Å². The Morgan fingerprint density at radius 3 is 2.35 bits per heavy atom. The second-order valence-electron chi connectivity index (χ2n) is 8.99. The Bertz CT molecular complexity index is 1600. The molecule has 0 unspecified atom stereocenters. The van der Waals surface area contributed by atoms with Gasteiger partial charge in [0.1, 0.15) is 12.7 Å². The van der Waals surface area contributed by atoms with Crippen LogP contribution in [0.3, 0.4) is 0 Å². The van der Waals surface area contributed by atoms with E-state index in [4.69, 9.17) is 0 Å². The zero-order chi connectivity index (χ0) is 28.3. The molecule has 2 N–H and O–H groups in total. The molecule has 1 aliphatic heterocycles. The monoisotopic (exact) mass is 542 g/mol. The largest absolute Gasteiger partial charge is 0.356 e. The number of hydrogen-bond acceptors (Lipinski definition) is 5. The van der Waals surface area contributed by atoms with E-state index in [1.165, 1.54) is 47.5 Å². The molecule has 11 heteroatoms. The average molecular weight is 543 g/mol. The Labute approximate surface area is 228 Å². The third-order valence-corrected chi connectivity index (χ3v) is 6.50. The van der Waals surface area contributed by atoms with E-state index < -0.39 is 29.7 Å². The Morgan fingerprint density at radius 2 is 1.65 bits per heavy atom. The number of carbonyl (C=O) groups is 3. The molecule has 1 aliphatic rings. The first kappa shape index (κ1) is 26.4. The molecule has 2 heterocycles. The molecule has 9 nitrogen and oxygen atoms in total. The van der Waals surface area contributed by atoms with E-state index in [1.807, 2.05) is 0 Å². The number of likely N-dealkylation sites (N-methyl/N-ethyl adjacent to an activating group) is 1. The predicted octanol–water partition coefficient (Wildman–Crippen LogP) is 4.33. The fourth-order valence-electron chi connectivity index (χ4n) is 4.49. The molecule has 0 saturated heterocycles. The van der Waals surface area contributed by atoms with Crippen LogP contribution in [0.15, 0.2) is 91.5 Å². The topological polar surface area (TPSA) is 109 Å². The number of allylic oxidation sites excluding steroid dienone is 1. The number of aromatic nitrogens is 3. The van der Waals surface area contributed by atoms with Gasteiger partial charge in [0.25, 0.3) is 17.7 Å². The molecular formula is C29H24F2N6O3. The summed E-state index contributed by atoms with van der Waals surface area (Å²) in [5.74, 6) is -4.86. The van der Waals surface area contributed by atoms with Gasteiger partial charge in [-0.15, -0.1) is 0 Å². The van der Waals surface area contributed by atoms with E-state index >= 15 is 8.78 Å². The van der Waals surface area contributed by atoms with Gasteiger partial charge in [-0.3, -0.25) is 14.4 Å². The van der Waals surface area contributed by atoms with Crippen LogP contribution in [0.4, 0.5) is 20.2 Å². The van der Waals surface area contributed by atoms with Crippen LogP contribution < -0.4 is 15.5 Å². The molecule has 0 saturated carbocycles. The minimum absolute atomic E-state index is 0.108. The second-order valence-corrected chi connectivity index (χ2v) is 8.99. The summed E-state index contributed by atoms with van der Waals surface area (Å²) >= 11 is 0. The Kier molecular flexibility index (Phi) is 7.19. The third kappa shape index (κ3) is 5.21. The van der Waals surface area contributed by atoms with E-state index in [-0.39, 0.29) is 29.3 Å². The molecule has 0 spiro atoms. The van der Waals surface area contributed by atoms with E-state index in [0.717, 1.165) is 6.08 Å². The first-order chi connectivity index (χ1) is 19.3. The number of hydrogen-bond donors (Lipinski definition) is 2. The van der Waals surface area contributed by atoms with Gasteiger partial charge in [-0.25, -0.2) is 18.4 Å². The highest BCUT2D eigenvalue weighted by atomic mass is 19.3. The van der Waals surface area contributed by atoms with Crippen molar-refractivity contribution in [2.24, 2.45) is 0 Å². The van der Waals surface area contributed by atoms with Crippen LogP contribution in [-0.4, -0.2) is 52.0 Å². The Balaban J connectivity index is 1.39. The maximum atomic E-state index is 15.1. The van der Waals surface area contributed by atoms with E-state index in [0.29, 0.717) is 16.9 Å². The first-order valence-electron chi connectivity index (χ1n) is 12.4. The van der Waals surface area contributed by atoms with Crippen molar-refractivity contribution in [1.82, 2.24) is 20.1 Å². The standard InChI is InChI=1S/C29H24F2N6O3/c1-32-26(38)16-23-21-6-2-4-8-24(21)36(15-14-29(23,30)31)28(40)19-10-12-20(13-11-19)35-27(39)22-7-3-5-9-25(22)37-18-33-17-34-37/h2-13,16-18H,14-15H2,1H3,(H,32,38)(H,35,39). The van der Waals surface area contributed by atoms with Gasteiger partial charge in [-0.05, 0) is 42.5 Å². The minimum atomic E-state index is -3.33. The highest BCUT2D eigenvalue weighted by Crippen LogP contribution is 2.43. The highest BCUT2D eigenvalue weighted by molar-refractivity contribution is 6.10. The quantitative estimate of drug-likeness (QED) is 0.365. The molecule has 5 rings (SSSR count). The smallest absolute Gasteiger partial charge is 0.275 e. The molecule has 0 aliphatic carbocycles. The van der Waals surface area contributed by atoms with Gasteiger partial charge >= 0.3 is 0 Å². The molecule has 0 atom stereocenters. The maximum Gasteiger partial charge on any atom is 0.275 e. The molecule has 3 aromatic carbocycles. The number of nitrogens with one attached hydrogen (secondary N) is 2. The number of halogens is 2. The van der Waals surface area contributed by atoms with Crippen LogP contribution in [0, 0.1) is 0 Å². The van der Waals surface area contributed by atoms with Crippen molar-refractivity contribution in [3.8, 4) is 5.69 Å². The summed E-state index contributed by atoms with van der Waals surface area (Å²) in [4.78, 5) is 43.7. The van der Waals surface area contributed by atoms with E-state index in [2.05, 4.69) is 20.7 Å². The van der Waals surface area contributed by atoms with Gasteiger partial charge in [0.2, 0.25) is 5.91 Å². The van der Waals surface area contributed by atoms with Gasteiger partial charge in [-0.2, -0.15) is 5.10 Å². The third-order valence-electron chi connectivity index (χ3n) is 6.50. The predicted molar refractivity (Wildman–Crippen MR) is 145 cm³/mol. The highest BCUT2D eigenvalue weighted by Gasteiger charge is 2.41. The van der Waals surface area contributed by atoms with Crippen LogP contribution in [0.2, 0.25) is 0 Å². The number of anilines is 2. The van der Waals surface area contributed by atoms with Crippen molar-refractivity contribution in [2.45, 2.75) is 12.3 Å². The van der Waals surface area contributed by atoms with Gasteiger partial charge in [0.15, 0.2) is 0 Å². The van der Waals surface area contributed by atoms with E-state index in [1.54, 1.807) is 54.6 Å². The number of carbonyl (C=O) groups excluding carboxylic acids is 3. The Hall–Kier alpha value is -5.19. The summed E-state index contributed by atoms with van der Waals surface area (Å²) in [6, 6.07) is 19.4. The summed E-state index contributed by atoms with van der Waals surface area (Å²) in [6.07, 6.45) is 3.08. The summed E-state index contributed by atoms with van der Waals surface area (Å²) < 4.78 is 31.8. The van der Waals surface area contributed by atoms with E-state index in [9.17, 15) is 14.4 Å². The van der Waals surface area contributed by atoms with Crippen LogP contribution in [0.5, 0.6) is 0 Å². The Morgan fingerprint density at radius 1 is 0.950 bits per heavy atom. The fourth-order valence-corrected chi connectivity index (χ4v) is 4.49. The minimum Gasteiger partial charge on any atom is -0.356 e. The fraction of sp³-hybridized carbons (Fsp3) is 0.138. The zero-order valence-corrected chi connectivity index (χ0v) is 21.3. The van der Waals surface area contributed by atoms with Crippen molar-refractivity contribution < 1.29 is 23.2 Å². The molecule has 4 aromatic rings. The lowest BCUT2D eigenvalue weighted by molar-refractivity contribution is -0.116. The van der Waals surface area contributed by atoms with Gasteiger partial charge in [-0.1, -0.05) is 30.3 Å². The summed E-state index contributed by atoms with van der Waals surface area (Å²) in [6.45, 7) is -0.258. The number of nitrogens with zero attached hydrogens (tertiary/aromatic N) is 4. The molecule has 40 heavy (non-hydrogen) atoms. The first-order valence-corrected chi connectivity index (χ1v) is 12.4. The molecule has 0 bridgehead atoms. The number of rotatable bonds is 5. The van der Waals surface area contributed by atoms with Crippen molar-refractivity contribution >= 4 is 34.7 Å².